The first-order chi connectivity index (χ1) is 8.81. The zero-order valence-corrected chi connectivity index (χ0v) is 10.8. The molecule has 5 nitrogen and oxygen atoms in total. The van der Waals surface area contributed by atoms with E-state index in [0.29, 0.717) is 6.54 Å². The van der Waals surface area contributed by atoms with E-state index in [1.807, 2.05) is 16.3 Å². The Bertz CT molecular complexity index is 548. The monoisotopic (exact) mass is 262 g/mol. The standard InChI is InChI=1S/C12H14N4OS/c1-13-12(17)16-5-4-8-10(15-7-14-8)11(16)9-3-2-6-18-9/h2-3,6-7,11H,4-5H2,1H3,(H,13,17)(H,14,15). The van der Waals surface area contributed by atoms with Gasteiger partial charge in [-0.3, -0.25) is 0 Å². The van der Waals surface area contributed by atoms with Gasteiger partial charge in [-0.05, 0) is 11.4 Å². The maximum atomic E-state index is 12.0. The lowest BCUT2D eigenvalue weighted by molar-refractivity contribution is 0.182. The Morgan fingerprint density at radius 2 is 2.56 bits per heavy atom. The number of nitrogens with one attached hydrogen (secondary N) is 2. The number of hydrogen-bond donors (Lipinski definition) is 2. The van der Waals surface area contributed by atoms with Crippen LogP contribution >= 0.6 is 11.3 Å². The molecule has 0 bridgehead atoms. The number of amides is 2. The Hall–Kier alpha value is -1.82. The molecule has 0 aliphatic carbocycles. The molecule has 1 atom stereocenters. The van der Waals surface area contributed by atoms with Crippen molar-refractivity contribution in [2.45, 2.75) is 12.5 Å². The van der Waals surface area contributed by atoms with Crippen LogP contribution in [-0.2, 0) is 6.42 Å². The highest BCUT2D eigenvalue weighted by Gasteiger charge is 2.34. The van der Waals surface area contributed by atoms with Crippen molar-refractivity contribution >= 4 is 17.4 Å². The molecule has 0 saturated carbocycles. The highest BCUT2D eigenvalue weighted by molar-refractivity contribution is 7.10. The van der Waals surface area contributed by atoms with Gasteiger partial charge in [-0.1, -0.05) is 6.07 Å². The number of hydrogen-bond acceptors (Lipinski definition) is 3. The van der Waals surface area contributed by atoms with Crippen LogP contribution in [0.15, 0.2) is 23.8 Å². The van der Waals surface area contributed by atoms with Crippen LogP contribution in [-0.4, -0.2) is 34.5 Å². The molecule has 2 N–H and O–H groups in total. The second kappa shape index (κ2) is 4.45. The highest BCUT2D eigenvalue weighted by Crippen LogP contribution is 2.35. The van der Waals surface area contributed by atoms with Crippen molar-refractivity contribution < 1.29 is 4.79 Å². The van der Waals surface area contributed by atoms with Crippen molar-refractivity contribution in [1.29, 1.82) is 0 Å². The lowest BCUT2D eigenvalue weighted by atomic mass is 10.0. The van der Waals surface area contributed by atoms with E-state index in [9.17, 15) is 4.79 Å². The summed E-state index contributed by atoms with van der Waals surface area (Å²) < 4.78 is 0. The summed E-state index contributed by atoms with van der Waals surface area (Å²) >= 11 is 1.65. The second-order valence-electron chi connectivity index (χ2n) is 4.18. The first-order valence-corrected chi connectivity index (χ1v) is 6.73. The Labute approximate surface area is 109 Å². The second-order valence-corrected chi connectivity index (χ2v) is 5.16. The molecule has 0 fully saturated rings. The molecule has 1 aliphatic heterocycles. The molecular weight excluding hydrogens is 248 g/mol. The molecule has 0 spiro atoms. The van der Waals surface area contributed by atoms with E-state index in [0.717, 1.165) is 22.7 Å². The van der Waals surface area contributed by atoms with Crippen molar-refractivity contribution in [2.24, 2.45) is 0 Å². The fourth-order valence-corrected chi connectivity index (χ4v) is 3.21. The van der Waals surface area contributed by atoms with Gasteiger partial charge in [-0.15, -0.1) is 11.3 Å². The zero-order valence-electron chi connectivity index (χ0n) is 10.0. The Kier molecular flexibility index (Phi) is 2.79. The summed E-state index contributed by atoms with van der Waals surface area (Å²) in [4.78, 5) is 22.5. The first-order valence-electron chi connectivity index (χ1n) is 5.85. The molecule has 2 amide bonds. The summed E-state index contributed by atoms with van der Waals surface area (Å²) in [5.41, 5.74) is 2.10. The minimum absolute atomic E-state index is 0.0537. The molecule has 6 heteroatoms. The number of carbonyl (C=O) groups excluding carboxylic acids is 1. The predicted molar refractivity (Wildman–Crippen MR) is 69.6 cm³/mol. The third-order valence-corrected chi connectivity index (χ3v) is 4.14. The summed E-state index contributed by atoms with van der Waals surface area (Å²) in [5, 5.41) is 4.73. The van der Waals surface area contributed by atoms with Crippen molar-refractivity contribution in [3.05, 3.63) is 40.1 Å². The largest absolute Gasteiger partial charge is 0.348 e. The highest BCUT2D eigenvalue weighted by atomic mass is 32.1. The molecule has 3 heterocycles. The Balaban J connectivity index is 2.05. The van der Waals surface area contributed by atoms with Gasteiger partial charge in [0.05, 0.1) is 12.0 Å². The zero-order chi connectivity index (χ0) is 12.5. The van der Waals surface area contributed by atoms with Gasteiger partial charge in [0.15, 0.2) is 0 Å². The molecule has 3 rings (SSSR count). The van der Waals surface area contributed by atoms with Gasteiger partial charge in [0.25, 0.3) is 0 Å². The maximum Gasteiger partial charge on any atom is 0.318 e. The number of aromatic nitrogens is 2. The minimum Gasteiger partial charge on any atom is -0.348 e. The van der Waals surface area contributed by atoms with E-state index >= 15 is 0 Å². The summed E-state index contributed by atoms with van der Waals surface area (Å²) in [6.07, 6.45) is 2.53. The van der Waals surface area contributed by atoms with Crippen molar-refractivity contribution in [3.63, 3.8) is 0 Å². The SMILES string of the molecule is CNC(=O)N1CCc2[nH]cnc2C1c1cccs1. The van der Waals surface area contributed by atoms with Gasteiger partial charge in [0, 0.05) is 30.6 Å². The number of thiophene rings is 1. The number of H-pyrrole nitrogens is 1. The van der Waals surface area contributed by atoms with Gasteiger partial charge >= 0.3 is 6.03 Å². The van der Waals surface area contributed by atoms with E-state index in [-0.39, 0.29) is 12.1 Å². The van der Waals surface area contributed by atoms with Crippen molar-refractivity contribution in [3.8, 4) is 0 Å². The topological polar surface area (TPSA) is 61.0 Å². The van der Waals surface area contributed by atoms with E-state index in [2.05, 4.69) is 21.4 Å². The molecule has 1 unspecified atom stereocenters. The third kappa shape index (κ3) is 1.69. The number of imidazole rings is 1. The number of rotatable bonds is 1. The van der Waals surface area contributed by atoms with E-state index in [4.69, 9.17) is 0 Å². The normalized spacial score (nSPS) is 18.5. The van der Waals surface area contributed by atoms with Crippen molar-refractivity contribution in [2.75, 3.05) is 13.6 Å². The summed E-state index contributed by atoms with van der Waals surface area (Å²) in [6.45, 7) is 0.706. The van der Waals surface area contributed by atoms with Crippen LogP contribution in [0.4, 0.5) is 4.79 Å². The lowest BCUT2D eigenvalue weighted by Gasteiger charge is -2.33. The van der Waals surface area contributed by atoms with Gasteiger partial charge in [-0.2, -0.15) is 0 Å². The van der Waals surface area contributed by atoms with E-state index in [1.54, 1.807) is 24.7 Å². The molecule has 0 radical (unpaired) electrons. The number of fused-ring (bicyclic) bond motifs is 1. The van der Waals surface area contributed by atoms with Crippen LogP contribution in [0.25, 0.3) is 0 Å². The number of urea groups is 1. The molecule has 2 aromatic rings. The summed E-state index contributed by atoms with van der Waals surface area (Å²) in [5.74, 6) is 0. The minimum atomic E-state index is -0.0695. The molecule has 18 heavy (non-hydrogen) atoms. The van der Waals surface area contributed by atoms with Gasteiger partial charge in [0.1, 0.15) is 6.04 Å². The van der Waals surface area contributed by atoms with Crippen LogP contribution in [0.5, 0.6) is 0 Å². The fourth-order valence-electron chi connectivity index (χ4n) is 2.37. The van der Waals surface area contributed by atoms with Gasteiger partial charge in [0.2, 0.25) is 0 Å². The first kappa shape index (κ1) is 11.3. The molecular formula is C12H14N4OS. The third-order valence-electron chi connectivity index (χ3n) is 3.21. The average molecular weight is 262 g/mol. The van der Waals surface area contributed by atoms with Gasteiger partial charge < -0.3 is 15.2 Å². The molecule has 1 aliphatic rings. The van der Waals surface area contributed by atoms with Crippen LogP contribution in [0.1, 0.15) is 22.3 Å². The quantitative estimate of drug-likeness (QED) is 0.822. The molecule has 94 valence electrons. The van der Waals surface area contributed by atoms with Crippen LogP contribution in [0.2, 0.25) is 0 Å². The molecule has 0 saturated heterocycles. The molecule has 0 aromatic carbocycles. The maximum absolute atomic E-state index is 12.0. The average Bonchev–Trinajstić information content (AvgIpc) is 3.07. The lowest BCUT2D eigenvalue weighted by Crippen LogP contribution is -2.44. The van der Waals surface area contributed by atoms with Crippen molar-refractivity contribution in [1.82, 2.24) is 20.2 Å². The predicted octanol–water partition coefficient (Wildman–Crippen LogP) is 1.76. The van der Waals surface area contributed by atoms with E-state index in [1.165, 1.54) is 0 Å². The van der Waals surface area contributed by atoms with Crippen LogP contribution in [0, 0.1) is 0 Å². The van der Waals surface area contributed by atoms with E-state index < -0.39 is 0 Å². The smallest absolute Gasteiger partial charge is 0.318 e. The van der Waals surface area contributed by atoms with Crippen LogP contribution in [0.3, 0.4) is 0 Å². The Morgan fingerprint density at radius 1 is 1.67 bits per heavy atom. The Morgan fingerprint density at radius 3 is 3.28 bits per heavy atom. The van der Waals surface area contributed by atoms with Crippen LogP contribution < -0.4 is 5.32 Å². The number of carbonyl (C=O) groups is 1. The number of nitrogens with zero attached hydrogens (tertiary/aromatic N) is 2. The van der Waals surface area contributed by atoms with Gasteiger partial charge in [-0.25, -0.2) is 9.78 Å². The summed E-state index contributed by atoms with van der Waals surface area (Å²) in [6, 6.07) is 3.93. The summed E-state index contributed by atoms with van der Waals surface area (Å²) in [7, 11) is 1.66. The number of aromatic amines is 1. The molecule has 2 aromatic heterocycles. The fraction of sp³-hybridized carbons (Fsp3) is 0.333.